The second-order valence-electron chi connectivity index (χ2n) is 11.1. The Labute approximate surface area is 210 Å². The van der Waals surface area contributed by atoms with Gasteiger partial charge < -0.3 is 15.0 Å². The van der Waals surface area contributed by atoms with E-state index in [1.54, 1.807) is 6.08 Å². The Balaban J connectivity index is 1.41. The van der Waals surface area contributed by atoms with E-state index in [2.05, 4.69) is 30.6 Å². The van der Waals surface area contributed by atoms with Gasteiger partial charge in [-0.15, -0.1) is 0 Å². The first-order valence-corrected chi connectivity index (χ1v) is 13.0. The molecule has 0 aromatic heterocycles. The van der Waals surface area contributed by atoms with E-state index in [-0.39, 0.29) is 36.2 Å². The molecular weight excluding hydrogens is 442 g/mol. The number of hydrogen-bond acceptors (Lipinski definition) is 5. The molecular formula is C28H43N3O4. The molecule has 0 aromatic carbocycles. The number of carbonyl (C=O) groups excluding carboxylic acids is 3. The molecule has 194 valence electrons. The van der Waals surface area contributed by atoms with E-state index in [0.717, 1.165) is 43.3 Å². The molecule has 1 aliphatic heterocycles. The van der Waals surface area contributed by atoms with Crippen LogP contribution in [0.5, 0.6) is 0 Å². The van der Waals surface area contributed by atoms with Gasteiger partial charge in [0.1, 0.15) is 0 Å². The van der Waals surface area contributed by atoms with E-state index in [0.29, 0.717) is 32.0 Å². The lowest BCUT2D eigenvalue weighted by Crippen LogP contribution is -2.51. The maximum atomic E-state index is 12.7. The van der Waals surface area contributed by atoms with E-state index in [9.17, 15) is 14.4 Å². The molecule has 7 heteroatoms. The van der Waals surface area contributed by atoms with Gasteiger partial charge in [-0.2, -0.15) is 0 Å². The normalized spacial score (nSPS) is 29.3. The van der Waals surface area contributed by atoms with Crippen molar-refractivity contribution < 1.29 is 19.1 Å². The number of carbonyl (C=O) groups is 3. The maximum Gasteiger partial charge on any atom is 0.309 e. The summed E-state index contributed by atoms with van der Waals surface area (Å²) < 4.78 is 4.81. The number of nitrogens with zero attached hydrogens (tertiary/aromatic N) is 2. The van der Waals surface area contributed by atoms with Crippen molar-refractivity contribution >= 4 is 17.8 Å². The van der Waals surface area contributed by atoms with Crippen LogP contribution in [0.2, 0.25) is 0 Å². The van der Waals surface area contributed by atoms with Gasteiger partial charge in [0, 0.05) is 39.1 Å². The topological polar surface area (TPSA) is 79.0 Å². The van der Waals surface area contributed by atoms with Gasteiger partial charge in [0.15, 0.2) is 0 Å². The minimum atomic E-state index is -0.267. The van der Waals surface area contributed by atoms with Gasteiger partial charge in [0.25, 0.3) is 0 Å². The summed E-state index contributed by atoms with van der Waals surface area (Å²) in [6.07, 6.45) is 12.9. The van der Waals surface area contributed by atoms with Gasteiger partial charge in [-0.1, -0.05) is 44.7 Å². The lowest BCUT2D eigenvalue weighted by Gasteiger charge is -2.35. The van der Waals surface area contributed by atoms with Crippen molar-refractivity contribution in [2.45, 2.75) is 52.4 Å². The number of allylic oxidation sites excluding steroid dienone is 4. The lowest BCUT2D eigenvalue weighted by molar-refractivity contribution is -0.139. The third kappa shape index (κ3) is 8.64. The highest BCUT2D eigenvalue weighted by Gasteiger charge is 2.46. The zero-order valence-electron chi connectivity index (χ0n) is 21.8. The molecule has 2 aliphatic carbocycles. The molecule has 3 rings (SSSR count). The smallest absolute Gasteiger partial charge is 0.309 e. The zero-order chi connectivity index (χ0) is 25.4. The standard InChI is InChI=1S/C28H43N3O4/c1-5-6-7-8-22(14-27(34)35-4)20-30-9-11-31(12-10-30)26(33)19-29-25(32)18-28(3)16-21(2)13-23-15-24(23)17-28/h5-8,21,23-24H,1,9-20H2,2-4H3,(H,29,32)/b7-6-,22-8+. The number of ether oxygens (including phenoxy) is 1. The fourth-order valence-corrected chi connectivity index (χ4v) is 6.03. The Morgan fingerprint density at radius 2 is 1.83 bits per heavy atom. The number of fused-ring (bicyclic) bond motifs is 1. The predicted molar refractivity (Wildman–Crippen MR) is 137 cm³/mol. The molecule has 0 bridgehead atoms. The summed E-state index contributed by atoms with van der Waals surface area (Å²) in [5.41, 5.74) is 1.01. The van der Waals surface area contributed by atoms with Crippen LogP contribution in [-0.2, 0) is 19.1 Å². The zero-order valence-corrected chi connectivity index (χ0v) is 21.8. The number of piperazine rings is 1. The van der Waals surface area contributed by atoms with Crippen molar-refractivity contribution in [1.29, 1.82) is 0 Å². The van der Waals surface area contributed by atoms with Gasteiger partial charge >= 0.3 is 5.97 Å². The third-order valence-electron chi connectivity index (χ3n) is 7.72. The average molecular weight is 486 g/mol. The summed E-state index contributed by atoms with van der Waals surface area (Å²) in [6, 6.07) is 0. The third-order valence-corrected chi connectivity index (χ3v) is 7.72. The van der Waals surface area contributed by atoms with Crippen LogP contribution in [0.1, 0.15) is 52.4 Å². The second-order valence-corrected chi connectivity index (χ2v) is 11.1. The quantitative estimate of drug-likeness (QED) is 0.379. The number of nitrogens with one attached hydrogen (secondary N) is 1. The molecule has 0 spiro atoms. The second kappa shape index (κ2) is 12.5. The minimum absolute atomic E-state index is 0.00375. The summed E-state index contributed by atoms with van der Waals surface area (Å²) in [5, 5.41) is 2.90. The number of rotatable bonds is 10. The Kier molecular flexibility index (Phi) is 9.72. The van der Waals surface area contributed by atoms with Crippen LogP contribution < -0.4 is 5.32 Å². The van der Waals surface area contributed by atoms with Crippen LogP contribution in [0.4, 0.5) is 0 Å². The van der Waals surface area contributed by atoms with Crippen molar-refractivity contribution in [1.82, 2.24) is 15.1 Å². The first-order chi connectivity index (χ1) is 16.7. The monoisotopic (exact) mass is 485 g/mol. The molecule has 4 atom stereocenters. The maximum absolute atomic E-state index is 12.7. The van der Waals surface area contributed by atoms with Crippen molar-refractivity contribution in [2.24, 2.45) is 23.2 Å². The van der Waals surface area contributed by atoms with E-state index in [4.69, 9.17) is 4.74 Å². The fraction of sp³-hybridized carbons (Fsp3) is 0.679. The fourth-order valence-electron chi connectivity index (χ4n) is 6.03. The van der Waals surface area contributed by atoms with Crippen molar-refractivity contribution in [3.63, 3.8) is 0 Å². The summed E-state index contributed by atoms with van der Waals surface area (Å²) >= 11 is 0. The summed E-state index contributed by atoms with van der Waals surface area (Å²) in [4.78, 5) is 41.2. The largest absolute Gasteiger partial charge is 0.469 e. The molecule has 2 saturated carbocycles. The van der Waals surface area contributed by atoms with E-state index < -0.39 is 0 Å². The van der Waals surface area contributed by atoms with Gasteiger partial charge in [-0.3, -0.25) is 19.3 Å². The van der Waals surface area contributed by atoms with Crippen LogP contribution in [0.3, 0.4) is 0 Å². The van der Waals surface area contributed by atoms with Crippen LogP contribution in [0, 0.1) is 23.2 Å². The summed E-state index contributed by atoms with van der Waals surface area (Å²) in [5.74, 6) is 2.05. The minimum Gasteiger partial charge on any atom is -0.469 e. The molecule has 1 saturated heterocycles. The van der Waals surface area contributed by atoms with Crippen LogP contribution in [0.15, 0.2) is 36.5 Å². The first kappa shape index (κ1) is 27.2. The SMILES string of the molecule is C=C/C=C\C=C(/CC(=O)OC)CN1CCN(C(=O)CNC(=O)CC2(C)CC(C)CC3CC3C2)CC1. The Hall–Kier alpha value is -2.41. The van der Waals surface area contributed by atoms with Gasteiger partial charge in [-0.25, -0.2) is 0 Å². The molecule has 1 N–H and O–H groups in total. The van der Waals surface area contributed by atoms with E-state index >= 15 is 0 Å². The summed E-state index contributed by atoms with van der Waals surface area (Å²) in [7, 11) is 1.39. The number of amides is 2. The molecule has 35 heavy (non-hydrogen) atoms. The van der Waals surface area contributed by atoms with Gasteiger partial charge in [0.05, 0.1) is 20.1 Å². The highest BCUT2D eigenvalue weighted by molar-refractivity contribution is 5.85. The van der Waals surface area contributed by atoms with Gasteiger partial charge in [0.2, 0.25) is 11.8 Å². The van der Waals surface area contributed by atoms with Crippen molar-refractivity contribution in [3.8, 4) is 0 Å². The highest BCUT2D eigenvalue weighted by atomic mass is 16.5. The number of methoxy groups -OCH3 is 1. The van der Waals surface area contributed by atoms with Crippen molar-refractivity contribution in [3.05, 3.63) is 36.5 Å². The van der Waals surface area contributed by atoms with Gasteiger partial charge in [-0.05, 0) is 54.4 Å². The van der Waals surface area contributed by atoms with Crippen LogP contribution in [0.25, 0.3) is 0 Å². The molecule has 7 nitrogen and oxygen atoms in total. The highest BCUT2D eigenvalue weighted by Crippen LogP contribution is 2.55. The Bertz CT molecular complexity index is 839. The van der Waals surface area contributed by atoms with Crippen molar-refractivity contribution in [2.75, 3.05) is 46.4 Å². The molecule has 1 heterocycles. The molecule has 4 unspecified atom stereocenters. The first-order valence-electron chi connectivity index (χ1n) is 13.0. The van der Waals surface area contributed by atoms with Crippen LogP contribution in [-0.4, -0.2) is 74.0 Å². The number of esters is 1. The number of hydrogen-bond donors (Lipinski definition) is 1. The molecule has 0 radical (unpaired) electrons. The van der Waals surface area contributed by atoms with E-state index in [1.165, 1.54) is 20.0 Å². The predicted octanol–water partition coefficient (Wildman–Crippen LogP) is 3.33. The molecule has 0 aromatic rings. The summed E-state index contributed by atoms with van der Waals surface area (Å²) in [6.45, 7) is 11.6. The Morgan fingerprint density at radius 1 is 1.09 bits per heavy atom. The molecule has 3 fully saturated rings. The molecule has 2 amide bonds. The van der Waals surface area contributed by atoms with E-state index in [1.807, 2.05) is 23.1 Å². The lowest BCUT2D eigenvalue weighted by atomic mass is 9.75. The van der Waals surface area contributed by atoms with Crippen LogP contribution >= 0.6 is 0 Å². The Morgan fingerprint density at radius 3 is 2.51 bits per heavy atom. The molecule has 3 aliphatic rings. The average Bonchev–Trinajstić information content (AvgIpc) is 3.54.